The van der Waals surface area contributed by atoms with Gasteiger partial charge in [-0.1, -0.05) is 45.7 Å². The number of para-hydroxylation sites is 1. The summed E-state index contributed by atoms with van der Waals surface area (Å²) in [7, 11) is 0. The molecule has 2 aromatic carbocycles. The van der Waals surface area contributed by atoms with Gasteiger partial charge in [0.2, 0.25) is 0 Å². The number of nitrogens with zero attached hydrogens (tertiary/aromatic N) is 1. The molecule has 0 heterocycles. The highest BCUT2D eigenvalue weighted by Gasteiger charge is 2.07. The van der Waals surface area contributed by atoms with Crippen molar-refractivity contribution in [3.05, 3.63) is 58.6 Å². The Morgan fingerprint density at radius 3 is 2.61 bits per heavy atom. The molecule has 0 radical (unpaired) electrons. The first-order valence-corrected chi connectivity index (χ1v) is 6.76. The van der Waals surface area contributed by atoms with Crippen LogP contribution in [0.25, 0.3) is 0 Å². The van der Waals surface area contributed by atoms with E-state index in [0.717, 1.165) is 5.56 Å². The largest absolute Gasteiger partial charge is 0.454 e. The quantitative estimate of drug-likeness (QED) is 0.753. The molecule has 0 saturated carbocycles. The van der Waals surface area contributed by atoms with Gasteiger partial charge >= 0.3 is 0 Å². The minimum Gasteiger partial charge on any atom is -0.454 e. The van der Waals surface area contributed by atoms with Crippen LogP contribution < -0.4 is 4.74 Å². The second kappa shape index (κ2) is 5.90. The van der Waals surface area contributed by atoms with E-state index in [1.807, 2.05) is 18.2 Å². The lowest BCUT2D eigenvalue weighted by molar-refractivity contribution is 0.481. The molecule has 0 spiro atoms. The average Bonchev–Trinajstić information content (AvgIpc) is 2.41. The molecular formula is C14H9BrClNO. The van der Waals surface area contributed by atoms with Gasteiger partial charge in [0.1, 0.15) is 17.6 Å². The number of benzene rings is 2. The molecule has 2 nitrogen and oxygen atoms in total. The molecule has 0 aliphatic heterocycles. The third-order valence-corrected chi connectivity index (χ3v) is 3.34. The Hall–Kier alpha value is -1.50. The number of alkyl halides is 1. The highest BCUT2D eigenvalue weighted by atomic mass is 79.9. The number of hydrogen-bond donors (Lipinski definition) is 0. The third kappa shape index (κ3) is 2.84. The van der Waals surface area contributed by atoms with Crippen molar-refractivity contribution in [1.29, 1.82) is 5.26 Å². The molecule has 0 amide bonds. The summed E-state index contributed by atoms with van der Waals surface area (Å²) in [4.78, 5) is 0. The zero-order chi connectivity index (χ0) is 13.0. The molecule has 90 valence electrons. The van der Waals surface area contributed by atoms with Crippen LogP contribution in [-0.4, -0.2) is 0 Å². The van der Waals surface area contributed by atoms with Crippen molar-refractivity contribution in [3.8, 4) is 17.6 Å². The monoisotopic (exact) mass is 321 g/mol. The summed E-state index contributed by atoms with van der Waals surface area (Å²) in [5.41, 5.74) is 1.52. The van der Waals surface area contributed by atoms with Crippen LogP contribution >= 0.6 is 27.5 Å². The standard InChI is InChI=1S/C14H9BrClNO/c15-8-10-5-6-13(11(7-10)9-17)18-14-4-2-1-3-12(14)16/h1-7H,8H2. The van der Waals surface area contributed by atoms with Gasteiger partial charge in [-0.15, -0.1) is 0 Å². The Morgan fingerprint density at radius 2 is 1.94 bits per heavy atom. The van der Waals surface area contributed by atoms with Gasteiger partial charge in [0.25, 0.3) is 0 Å². The molecule has 0 saturated heterocycles. The van der Waals surface area contributed by atoms with Crippen LogP contribution in [-0.2, 0) is 5.33 Å². The summed E-state index contributed by atoms with van der Waals surface area (Å²) in [5.74, 6) is 1.05. The van der Waals surface area contributed by atoms with Gasteiger partial charge in [-0.3, -0.25) is 0 Å². The Labute approximate surface area is 119 Å². The van der Waals surface area contributed by atoms with E-state index in [4.69, 9.17) is 21.6 Å². The van der Waals surface area contributed by atoms with Gasteiger partial charge in [0.15, 0.2) is 0 Å². The average molecular weight is 323 g/mol. The minimum absolute atomic E-state index is 0.492. The van der Waals surface area contributed by atoms with Gasteiger partial charge in [-0.2, -0.15) is 5.26 Å². The molecule has 0 aromatic heterocycles. The lowest BCUT2D eigenvalue weighted by Gasteiger charge is -2.09. The number of ether oxygens (including phenoxy) is 1. The maximum atomic E-state index is 9.11. The number of hydrogen-bond acceptors (Lipinski definition) is 2. The molecule has 2 rings (SSSR count). The van der Waals surface area contributed by atoms with Crippen molar-refractivity contribution in [2.24, 2.45) is 0 Å². The number of halogens is 2. The van der Waals surface area contributed by atoms with E-state index in [1.54, 1.807) is 24.3 Å². The molecule has 2 aromatic rings. The van der Waals surface area contributed by atoms with Gasteiger partial charge < -0.3 is 4.74 Å². The minimum atomic E-state index is 0.492. The maximum Gasteiger partial charge on any atom is 0.146 e. The smallest absolute Gasteiger partial charge is 0.146 e. The first-order valence-electron chi connectivity index (χ1n) is 5.26. The first-order chi connectivity index (χ1) is 8.74. The lowest BCUT2D eigenvalue weighted by atomic mass is 10.1. The van der Waals surface area contributed by atoms with Crippen LogP contribution in [0.1, 0.15) is 11.1 Å². The molecule has 0 bridgehead atoms. The molecule has 18 heavy (non-hydrogen) atoms. The molecule has 0 unspecified atom stereocenters. The van der Waals surface area contributed by atoms with Gasteiger partial charge in [0, 0.05) is 5.33 Å². The Bertz CT molecular complexity index is 607. The second-order valence-electron chi connectivity index (χ2n) is 3.61. The third-order valence-electron chi connectivity index (χ3n) is 2.38. The Morgan fingerprint density at radius 1 is 1.17 bits per heavy atom. The van der Waals surface area contributed by atoms with Crippen molar-refractivity contribution in [2.75, 3.05) is 0 Å². The molecular weight excluding hydrogens is 314 g/mol. The summed E-state index contributed by atoms with van der Waals surface area (Å²) in [6.45, 7) is 0. The second-order valence-corrected chi connectivity index (χ2v) is 4.58. The topological polar surface area (TPSA) is 33.0 Å². The van der Waals surface area contributed by atoms with Crippen LogP contribution in [0.15, 0.2) is 42.5 Å². The summed E-state index contributed by atoms with van der Waals surface area (Å²) in [6.07, 6.45) is 0. The van der Waals surface area contributed by atoms with Crippen LogP contribution in [0.5, 0.6) is 11.5 Å². The van der Waals surface area contributed by atoms with Gasteiger partial charge in [-0.25, -0.2) is 0 Å². The fourth-order valence-electron chi connectivity index (χ4n) is 1.48. The van der Waals surface area contributed by atoms with E-state index in [9.17, 15) is 0 Å². The molecule has 4 heteroatoms. The Balaban J connectivity index is 2.35. The van der Waals surface area contributed by atoms with Crippen LogP contribution in [0, 0.1) is 11.3 Å². The van der Waals surface area contributed by atoms with E-state index < -0.39 is 0 Å². The molecule has 0 atom stereocenters. The van der Waals surface area contributed by atoms with Gasteiger partial charge in [0.05, 0.1) is 10.6 Å². The van der Waals surface area contributed by atoms with Crippen molar-refractivity contribution in [1.82, 2.24) is 0 Å². The lowest BCUT2D eigenvalue weighted by Crippen LogP contribution is -1.90. The highest BCUT2D eigenvalue weighted by Crippen LogP contribution is 2.31. The van der Waals surface area contributed by atoms with E-state index in [-0.39, 0.29) is 0 Å². The summed E-state index contributed by atoms with van der Waals surface area (Å²) in [5, 5.41) is 10.3. The summed E-state index contributed by atoms with van der Waals surface area (Å²) < 4.78 is 5.66. The fraction of sp³-hybridized carbons (Fsp3) is 0.0714. The zero-order valence-corrected chi connectivity index (χ0v) is 11.7. The van der Waals surface area contributed by atoms with Crippen molar-refractivity contribution >= 4 is 27.5 Å². The van der Waals surface area contributed by atoms with Crippen LogP contribution in [0.2, 0.25) is 5.02 Å². The Kier molecular flexibility index (Phi) is 4.24. The van der Waals surface area contributed by atoms with Crippen molar-refractivity contribution < 1.29 is 4.74 Å². The predicted molar refractivity (Wildman–Crippen MR) is 75.3 cm³/mol. The molecule has 0 aliphatic rings. The van der Waals surface area contributed by atoms with E-state index in [1.165, 1.54) is 0 Å². The molecule has 0 fully saturated rings. The van der Waals surface area contributed by atoms with E-state index >= 15 is 0 Å². The highest BCUT2D eigenvalue weighted by molar-refractivity contribution is 9.08. The molecule has 0 N–H and O–H groups in total. The normalized spacial score (nSPS) is 9.83. The molecule has 0 aliphatic carbocycles. The van der Waals surface area contributed by atoms with E-state index in [2.05, 4.69) is 22.0 Å². The van der Waals surface area contributed by atoms with Crippen LogP contribution in [0.4, 0.5) is 0 Å². The maximum absolute atomic E-state index is 9.11. The van der Waals surface area contributed by atoms with Gasteiger partial charge in [-0.05, 0) is 29.8 Å². The predicted octanol–water partition coefficient (Wildman–Crippen LogP) is 4.90. The number of nitriles is 1. The summed E-state index contributed by atoms with van der Waals surface area (Å²) >= 11 is 9.37. The van der Waals surface area contributed by atoms with Crippen LogP contribution in [0.3, 0.4) is 0 Å². The zero-order valence-electron chi connectivity index (χ0n) is 9.36. The SMILES string of the molecule is N#Cc1cc(CBr)ccc1Oc1ccccc1Cl. The summed E-state index contributed by atoms with van der Waals surface area (Å²) in [6, 6.07) is 14.8. The van der Waals surface area contributed by atoms with Crippen molar-refractivity contribution in [3.63, 3.8) is 0 Å². The number of rotatable bonds is 3. The van der Waals surface area contributed by atoms with E-state index in [0.29, 0.717) is 27.4 Å². The first kappa shape index (κ1) is 12.9. The van der Waals surface area contributed by atoms with Crippen molar-refractivity contribution in [2.45, 2.75) is 5.33 Å². The fourth-order valence-corrected chi connectivity index (χ4v) is 2.01.